The molecular weight excluding hydrogens is 302 g/mol. The molecule has 0 bridgehead atoms. The Hall–Kier alpha value is -3.02. The summed E-state index contributed by atoms with van der Waals surface area (Å²) in [5.41, 5.74) is 4.63. The van der Waals surface area contributed by atoms with Gasteiger partial charge in [0.15, 0.2) is 5.65 Å². The number of imidazole rings is 1. The van der Waals surface area contributed by atoms with Crippen LogP contribution in [0.25, 0.3) is 22.1 Å². The summed E-state index contributed by atoms with van der Waals surface area (Å²) in [6.45, 7) is 0.669. The van der Waals surface area contributed by atoms with Gasteiger partial charge in [-0.2, -0.15) is 5.10 Å². The molecule has 6 heteroatoms. The fourth-order valence-electron chi connectivity index (χ4n) is 3.43. The molecule has 0 N–H and O–H groups in total. The Labute approximate surface area is 137 Å². The molecule has 0 atom stereocenters. The molecule has 118 valence electrons. The van der Waals surface area contributed by atoms with Crippen molar-refractivity contribution in [3.8, 4) is 0 Å². The van der Waals surface area contributed by atoms with E-state index in [9.17, 15) is 4.79 Å². The molecule has 0 radical (unpaired) electrons. The zero-order valence-electron chi connectivity index (χ0n) is 13.0. The first-order valence-electron chi connectivity index (χ1n) is 8.10. The van der Waals surface area contributed by atoms with E-state index >= 15 is 0 Å². The molecule has 24 heavy (non-hydrogen) atoms. The third-order valence-corrected chi connectivity index (χ3v) is 4.60. The molecule has 6 nitrogen and oxygen atoms in total. The van der Waals surface area contributed by atoms with Crippen molar-refractivity contribution >= 4 is 28.0 Å². The highest BCUT2D eigenvalue weighted by atomic mass is 16.2. The number of carbonyl (C=O) groups is 1. The average molecular weight is 317 g/mol. The lowest BCUT2D eigenvalue weighted by Gasteiger charge is -2.06. The lowest BCUT2D eigenvalue weighted by molar-refractivity contribution is 0.0907. The van der Waals surface area contributed by atoms with Crippen LogP contribution >= 0.6 is 0 Å². The lowest BCUT2D eigenvalue weighted by Crippen LogP contribution is -2.07. The fraction of sp³-hybridized carbons (Fsp3) is 0.222. The quantitative estimate of drug-likeness (QED) is 0.570. The molecule has 0 saturated heterocycles. The Morgan fingerprint density at radius 3 is 2.88 bits per heavy atom. The molecule has 0 aliphatic carbocycles. The van der Waals surface area contributed by atoms with Gasteiger partial charge in [-0.1, -0.05) is 30.3 Å². The van der Waals surface area contributed by atoms with Crippen LogP contribution in [0.15, 0.2) is 42.9 Å². The van der Waals surface area contributed by atoms with Gasteiger partial charge in [-0.3, -0.25) is 9.36 Å². The maximum Gasteiger partial charge on any atom is 0.232 e. The average Bonchev–Trinajstić information content (AvgIpc) is 3.16. The number of aromatic nitrogens is 5. The van der Waals surface area contributed by atoms with Crippen LogP contribution in [0.1, 0.15) is 28.9 Å². The van der Waals surface area contributed by atoms with Gasteiger partial charge < -0.3 is 0 Å². The van der Waals surface area contributed by atoms with Crippen LogP contribution in [0.5, 0.6) is 0 Å². The number of hydrogen-bond acceptors (Lipinski definition) is 4. The van der Waals surface area contributed by atoms with Crippen LogP contribution in [0.2, 0.25) is 0 Å². The third kappa shape index (κ3) is 1.89. The molecule has 4 heterocycles. The summed E-state index contributed by atoms with van der Waals surface area (Å²) in [5, 5.41) is 5.41. The molecule has 1 aliphatic heterocycles. The molecule has 1 aliphatic rings. The summed E-state index contributed by atoms with van der Waals surface area (Å²) in [7, 11) is 0. The van der Waals surface area contributed by atoms with Gasteiger partial charge in [0, 0.05) is 6.42 Å². The van der Waals surface area contributed by atoms with Crippen molar-refractivity contribution in [2.45, 2.75) is 25.8 Å². The fourth-order valence-corrected chi connectivity index (χ4v) is 3.43. The molecule has 0 amide bonds. The number of nitrogens with zero attached hydrogens (tertiary/aromatic N) is 5. The minimum atomic E-state index is 0.0917. The Morgan fingerprint density at radius 1 is 1.12 bits per heavy atom. The van der Waals surface area contributed by atoms with Gasteiger partial charge in [0.1, 0.15) is 11.8 Å². The standard InChI is InChI=1S/C18H15N5O/c24-15-8-4-7-14-17-16(19-11-22(15)17)13-9-20-23(18(13)21-14)10-12-5-2-1-3-6-12/h1-3,5-6,9,11H,4,7-8,10H2. The highest BCUT2D eigenvalue weighted by Crippen LogP contribution is 2.28. The number of hydrogen-bond donors (Lipinski definition) is 0. The van der Waals surface area contributed by atoms with Gasteiger partial charge >= 0.3 is 0 Å². The van der Waals surface area contributed by atoms with Crippen molar-refractivity contribution in [2.75, 3.05) is 0 Å². The van der Waals surface area contributed by atoms with Gasteiger partial charge in [0.2, 0.25) is 5.91 Å². The third-order valence-electron chi connectivity index (χ3n) is 4.60. The van der Waals surface area contributed by atoms with Gasteiger partial charge in [-0.25, -0.2) is 14.6 Å². The highest BCUT2D eigenvalue weighted by Gasteiger charge is 2.22. The normalized spacial score (nSPS) is 14.4. The topological polar surface area (TPSA) is 65.6 Å². The maximum absolute atomic E-state index is 12.2. The molecule has 0 fully saturated rings. The van der Waals surface area contributed by atoms with Crippen LogP contribution < -0.4 is 0 Å². The number of carbonyl (C=O) groups excluding carboxylic acids is 1. The molecule has 3 aromatic heterocycles. The van der Waals surface area contributed by atoms with Gasteiger partial charge in [-0.05, 0) is 18.4 Å². The first-order valence-corrected chi connectivity index (χ1v) is 8.10. The zero-order valence-corrected chi connectivity index (χ0v) is 13.0. The van der Waals surface area contributed by atoms with Crippen LogP contribution in [0, 0.1) is 0 Å². The van der Waals surface area contributed by atoms with Crippen LogP contribution in [-0.4, -0.2) is 30.2 Å². The molecular formula is C18H15N5O. The second-order valence-electron chi connectivity index (χ2n) is 6.14. The SMILES string of the molecule is O=C1CCCc2nc3c(cnn3Cc3ccccc3)c3ncn1c23. The van der Waals surface area contributed by atoms with E-state index < -0.39 is 0 Å². The molecule has 0 unspecified atom stereocenters. The largest absolute Gasteiger partial charge is 0.274 e. The van der Waals surface area contributed by atoms with E-state index in [0.29, 0.717) is 13.0 Å². The summed E-state index contributed by atoms with van der Waals surface area (Å²) in [5.74, 6) is 0.0917. The number of rotatable bonds is 2. The summed E-state index contributed by atoms with van der Waals surface area (Å²) in [4.78, 5) is 21.5. The molecule has 5 rings (SSSR count). The Morgan fingerprint density at radius 2 is 2.00 bits per heavy atom. The smallest absolute Gasteiger partial charge is 0.232 e. The van der Waals surface area contributed by atoms with E-state index in [4.69, 9.17) is 4.98 Å². The summed E-state index contributed by atoms with van der Waals surface area (Å²) in [6.07, 6.45) is 5.57. The first-order chi connectivity index (χ1) is 11.8. The number of aryl methyl sites for hydroxylation is 1. The molecule has 0 saturated carbocycles. The van der Waals surface area contributed by atoms with Crippen LogP contribution in [-0.2, 0) is 13.0 Å². The minimum absolute atomic E-state index is 0.0917. The van der Waals surface area contributed by atoms with Gasteiger partial charge in [0.05, 0.1) is 29.3 Å². The second-order valence-corrected chi connectivity index (χ2v) is 6.14. The van der Waals surface area contributed by atoms with Crippen molar-refractivity contribution in [1.82, 2.24) is 24.3 Å². The second kappa shape index (κ2) is 4.99. The van der Waals surface area contributed by atoms with Crippen molar-refractivity contribution in [3.05, 3.63) is 54.1 Å². The van der Waals surface area contributed by atoms with E-state index in [-0.39, 0.29) is 5.91 Å². The van der Waals surface area contributed by atoms with Crippen molar-refractivity contribution < 1.29 is 4.79 Å². The summed E-state index contributed by atoms with van der Waals surface area (Å²) >= 11 is 0. The van der Waals surface area contributed by atoms with Crippen LogP contribution in [0.4, 0.5) is 0 Å². The monoisotopic (exact) mass is 317 g/mol. The van der Waals surface area contributed by atoms with E-state index in [0.717, 1.165) is 40.6 Å². The Balaban J connectivity index is 1.74. The first kappa shape index (κ1) is 13.4. The van der Waals surface area contributed by atoms with Crippen LogP contribution in [0.3, 0.4) is 0 Å². The molecule has 0 spiro atoms. The predicted molar refractivity (Wildman–Crippen MR) is 89.9 cm³/mol. The Kier molecular flexibility index (Phi) is 2.79. The zero-order chi connectivity index (χ0) is 16.1. The number of fused-ring (bicyclic) bond motifs is 2. The van der Waals surface area contributed by atoms with E-state index in [2.05, 4.69) is 22.2 Å². The van der Waals surface area contributed by atoms with Crippen molar-refractivity contribution in [2.24, 2.45) is 0 Å². The van der Waals surface area contributed by atoms with Crippen molar-refractivity contribution in [3.63, 3.8) is 0 Å². The predicted octanol–water partition coefficient (Wildman–Crippen LogP) is 2.81. The lowest BCUT2D eigenvalue weighted by atomic mass is 10.1. The molecule has 1 aromatic carbocycles. The Bertz CT molecular complexity index is 1080. The van der Waals surface area contributed by atoms with E-state index in [1.165, 1.54) is 5.56 Å². The van der Waals surface area contributed by atoms with E-state index in [1.54, 1.807) is 17.1 Å². The maximum atomic E-state index is 12.2. The summed E-state index contributed by atoms with van der Waals surface area (Å²) in [6, 6.07) is 10.2. The highest BCUT2D eigenvalue weighted by molar-refractivity contribution is 6.05. The summed E-state index contributed by atoms with van der Waals surface area (Å²) < 4.78 is 3.56. The van der Waals surface area contributed by atoms with E-state index in [1.807, 2.05) is 22.9 Å². The molecule has 4 aromatic rings. The number of pyridine rings is 1. The minimum Gasteiger partial charge on any atom is -0.274 e. The van der Waals surface area contributed by atoms with Crippen molar-refractivity contribution in [1.29, 1.82) is 0 Å². The van der Waals surface area contributed by atoms with Gasteiger partial charge in [0.25, 0.3) is 0 Å². The van der Waals surface area contributed by atoms with Gasteiger partial charge in [-0.15, -0.1) is 0 Å². The number of benzene rings is 1.